The zero-order valence-corrected chi connectivity index (χ0v) is 25.2. The van der Waals surface area contributed by atoms with Crippen molar-refractivity contribution in [3.05, 3.63) is 53.2 Å². The second-order valence-corrected chi connectivity index (χ2v) is 12.8. The van der Waals surface area contributed by atoms with Crippen molar-refractivity contribution in [2.24, 2.45) is 10.9 Å². The van der Waals surface area contributed by atoms with Gasteiger partial charge in [-0.2, -0.15) is 0 Å². The quantitative estimate of drug-likeness (QED) is 0.378. The van der Waals surface area contributed by atoms with Crippen LogP contribution in [0.15, 0.2) is 35.6 Å². The number of aliphatic hydroxyl groups excluding tert-OH is 1. The third-order valence-electron chi connectivity index (χ3n) is 6.76. The Morgan fingerprint density at radius 1 is 1.33 bits per heavy atom. The standard InChI is InChI=1S/C30H33F2N5O5S/c1-7-10-41-24-16-33-22(15-34-24)21(32)12-18-8-9-20(31)19(11-18)29(6)23-13-30(23,25(39)35-14-17(2)38)43-26(37-29)36-27(40)42-28(3,4)5/h1,8-9,11-12,15-17,23,38H,10,13-14H2,2-6H3,(H,35,39)(H,36,37,40)/b21-12-/t17?,23-,29+,30-/m0/s1. The number of aliphatic hydroxyl groups is 1. The molecule has 3 N–H and O–H groups in total. The van der Waals surface area contributed by atoms with Crippen LogP contribution in [0.3, 0.4) is 0 Å². The summed E-state index contributed by atoms with van der Waals surface area (Å²) >= 11 is 1.06. The second kappa shape index (κ2) is 12.3. The van der Waals surface area contributed by atoms with Crippen LogP contribution in [-0.2, 0) is 15.1 Å². The van der Waals surface area contributed by atoms with Crippen molar-refractivity contribution in [1.82, 2.24) is 20.6 Å². The zero-order chi connectivity index (χ0) is 31.6. The van der Waals surface area contributed by atoms with Crippen molar-refractivity contribution in [1.29, 1.82) is 0 Å². The van der Waals surface area contributed by atoms with Gasteiger partial charge in [0.25, 0.3) is 0 Å². The third kappa shape index (κ3) is 7.32. The van der Waals surface area contributed by atoms with Gasteiger partial charge in [-0.15, -0.1) is 6.42 Å². The SMILES string of the molecule is C#CCOc1cnc(/C(F)=C/c2ccc(F)c([C@@]3(C)N=C(NC(=O)OC(C)(C)C)S[C@@]4(C(=O)NCC(C)O)C[C@H]43)c2)cn1. The number of aliphatic imine (C=N–C) groups is 1. The second-order valence-electron chi connectivity index (χ2n) is 11.5. The molecular formula is C30H33F2N5O5S. The number of benzene rings is 1. The molecule has 228 valence electrons. The number of hydrogen-bond donors (Lipinski definition) is 3. The fourth-order valence-corrected chi connectivity index (χ4v) is 6.25. The van der Waals surface area contributed by atoms with Crippen molar-refractivity contribution in [2.45, 2.75) is 63.0 Å². The van der Waals surface area contributed by atoms with Crippen molar-refractivity contribution in [3.8, 4) is 18.2 Å². The topological polar surface area (TPSA) is 135 Å². The Morgan fingerprint density at radius 3 is 2.70 bits per heavy atom. The Kier molecular flexibility index (Phi) is 9.13. The van der Waals surface area contributed by atoms with Crippen molar-refractivity contribution in [2.75, 3.05) is 13.2 Å². The number of fused-ring (bicyclic) bond motifs is 1. The largest absolute Gasteiger partial charge is 0.463 e. The first kappa shape index (κ1) is 31.9. The fourth-order valence-electron chi connectivity index (χ4n) is 4.74. The summed E-state index contributed by atoms with van der Waals surface area (Å²) < 4.78 is 40.1. The molecule has 0 saturated heterocycles. The molecule has 4 atom stereocenters. The minimum atomic E-state index is -1.32. The zero-order valence-electron chi connectivity index (χ0n) is 24.4. The van der Waals surface area contributed by atoms with E-state index in [2.05, 4.69) is 26.5 Å². The molecule has 0 spiro atoms. The normalized spacial score (nSPS) is 23.7. The average molecular weight is 614 g/mol. The van der Waals surface area contributed by atoms with Crippen LogP contribution in [0.5, 0.6) is 5.88 Å². The number of rotatable bonds is 8. The van der Waals surface area contributed by atoms with Crippen molar-refractivity contribution in [3.63, 3.8) is 0 Å². The lowest BCUT2D eigenvalue weighted by atomic mass is 9.84. The Balaban J connectivity index is 1.69. The van der Waals surface area contributed by atoms with Crippen LogP contribution in [0.1, 0.15) is 57.9 Å². The number of carbonyl (C=O) groups is 2. The van der Waals surface area contributed by atoms with Gasteiger partial charge in [-0.05, 0) is 64.8 Å². The van der Waals surface area contributed by atoms with E-state index in [1.54, 1.807) is 27.7 Å². The number of amides is 2. The van der Waals surface area contributed by atoms with E-state index in [1.807, 2.05) is 0 Å². The summed E-state index contributed by atoms with van der Waals surface area (Å²) in [6.45, 7) is 8.33. The Hall–Kier alpha value is -4.02. The maximum Gasteiger partial charge on any atom is 0.413 e. The Morgan fingerprint density at radius 2 is 2.07 bits per heavy atom. The molecule has 1 saturated carbocycles. The van der Waals surface area contributed by atoms with Gasteiger partial charge < -0.3 is 19.9 Å². The van der Waals surface area contributed by atoms with E-state index in [0.717, 1.165) is 11.8 Å². The van der Waals surface area contributed by atoms with Crippen molar-refractivity contribution < 1.29 is 33.0 Å². The molecule has 2 aromatic rings. The highest BCUT2D eigenvalue weighted by Crippen LogP contribution is 2.66. The Labute approximate surface area is 252 Å². The van der Waals surface area contributed by atoms with Gasteiger partial charge in [-0.25, -0.2) is 23.5 Å². The van der Waals surface area contributed by atoms with Gasteiger partial charge >= 0.3 is 6.09 Å². The summed E-state index contributed by atoms with van der Waals surface area (Å²) in [6, 6.07) is 4.04. The molecule has 4 rings (SSSR count). The smallest absolute Gasteiger partial charge is 0.413 e. The highest BCUT2D eigenvalue weighted by molar-refractivity contribution is 8.16. The lowest BCUT2D eigenvalue weighted by Gasteiger charge is -2.35. The lowest BCUT2D eigenvalue weighted by Crippen LogP contribution is -2.47. The van der Waals surface area contributed by atoms with E-state index >= 15 is 8.78 Å². The lowest BCUT2D eigenvalue weighted by molar-refractivity contribution is -0.122. The number of amidine groups is 1. The fraction of sp³-hybridized carbons (Fsp3) is 0.433. The molecule has 1 fully saturated rings. The summed E-state index contributed by atoms with van der Waals surface area (Å²) in [5.74, 6) is 0.247. The van der Waals surface area contributed by atoms with Gasteiger partial charge in [-0.3, -0.25) is 15.1 Å². The predicted molar refractivity (Wildman–Crippen MR) is 159 cm³/mol. The number of hydrogen-bond acceptors (Lipinski definition) is 9. The molecule has 1 unspecified atom stereocenters. The summed E-state index contributed by atoms with van der Waals surface area (Å²) in [6.07, 6.45) is 7.51. The molecular weight excluding hydrogens is 580 g/mol. The van der Waals surface area contributed by atoms with Crippen LogP contribution in [0.25, 0.3) is 11.9 Å². The Bertz CT molecular complexity index is 1500. The summed E-state index contributed by atoms with van der Waals surface area (Å²) in [4.78, 5) is 38.7. The third-order valence-corrected chi connectivity index (χ3v) is 8.14. The van der Waals surface area contributed by atoms with Crippen LogP contribution in [0.4, 0.5) is 13.6 Å². The number of thioether (sulfide) groups is 1. The van der Waals surface area contributed by atoms with E-state index in [9.17, 15) is 14.7 Å². The minimum Gasteiger partial charge on any atom is -0.463 e. The van der Waals surface area contributed by atoms with Crippen molar-refractivity contribution >= 4 is 40.8 Å². The molecule has 10 nitrogen and oxygen atoms in total. The van der Waals surface area contributed by atoms with Crippen LogP contribution < -0.4 is 15.4 Å². The molecule has 1 aliphatic carbocycles. The maximum atomic E-state index is 15.5. The molecule has 0 bridgehead atoms. The maximum absolute atomic E-state index is 15.5. The number of nitrogens with one attached hydrogen (secondary N) is 2. The van der Waals surface area contributed by atoms with Crippen LogP contribution in [-0.4, -0.2) is 61.8 Å². The first-order chi connectivity index (χ1) is 20.2. The molecule has 43 heavy (non-hydrogen) atoms. The van der Waals surface area contributed by atoms with E-state index in [0.29, 0.717) is 12.0 Å². The van der Waals surface area contributed by atoms with Gasteiger partial charge in [0.2, 0.25) is 11.8 Å². The van der Waals surface area contributed by atoms with E-state index < -0.39 is 45.6 Å². The first-order valence-electron chi connectivity index (χ1n) is 13.5. The molecule has 2 aliphatic rings. The molecule has 13 heteroatoms. The van der Waals surface area contributed by atoms with Crippen LogP contribution in [0.2, 0.25) is 0 Å². The molecule has 1 aliphatic heterocycles. The monoisotopic (exact) mass is 613 g/mol. The number of aromatic nitrogens is 2. The number of nitrogens with zero attached hydrogens (tertiary/aromatic N) is 3. The number of terminal acetylenes is 1. The number of halogens is 2. The molecule has 1 aromatic heterocycles. The summed E-state index contributed by atoms with van der Waals surface area (Å²) in [5, 5.41) is 15.1. The number of ether oxygens (including phenoxy) is 2. The highest BCUT2D eigenvalue weighted by atomic mass is 32.2. The molecule has 1 aromatic carbocycles. The van der Waals surface area contributed by atoms with E-state index in [-0.39, 0.29) is 41.4 Å². The first-order valence-corrected chi connectivity index (χ1v) is 14.3. The van der Waals surface area contributed by atoms with Crippen LogP contribution >= 0.6 is 11.8 Å². The van der Waals surface area contributed by atoms with Gasteiger partial charge in [-0.1, -0.05) is 23.7 Å². The summed E-state index contributed by atoms with van der Waals surface area (Å²) in [7, 11) is 0. The van der Waals surface area contributed by atoms with E-state index in [4.69, 9.17) is 20.9 Å². The number of alkyl carbamates (subject to hydrolysis) is 1. The van der Waals surface area contributed by atoms with Gasteiger partial charge in [0.15, 0.2) is 17.6 Å². The highest BCUT2D eigenvalue weighted by Gasteiger charge is 2.71. The van der Waals surface area contributed by atoms with Gasteiger partial charge in [0.1, 0.15) is 21.9 Å². The van der Waals surface area contributed by atoms with Crippen LogP contribution in [0, 0.1) is 24.1 Å². The van der Waals surface area contributed by atoms with E-state index in [1.165, 1.54) is 43.6 Å². The molecule has 2 amide bonds. The molecule has 0 radical (unpaired) electrons. The minimum absolute atomic E-state index is 0.00995. The molecule has 2 heterocycles. The summed E-state index contributed by atoms with van der Waals surface area (Å²) in [5.41, 5.74) is -1.77. The van der Waals surface area contributed by atoms with Gasteiger partial charge in [0, 0.05) is 18.0 Å². The average Bonchev–Trinajstić information content (AvgIpc) is 3.67. The van der Waals surface area contributed by atoms with Gasteiger partial charge in [0.05, 0.1) is 24.0 Å². The predicted octanol–water partition coefficient (Wildman–Crippen LogP) is 4.19. The number of carbonyl (C=O) groups excluding carboxylic acids is 2.